The highest BCUT2D eigenvalue weighted by atomic mass is 79.9. The minimum atomic E-state index is -0.971. The lowest BCUT2D eigenvalue weighted by atomic mass is 9.83. The van der Waals surface area contributed by atoms with Gasteiger partial charge in [-0.1, -0.05) is 13.8 Å². The number of amides is 1. The van der Waals surface area contributed by atoms with Crippen LogP contribution < -0.4 is 5.32 Å². The molecule has 1 aromatic rings. The zero-order chi connectivity index (χ0) is 13.8. The van der Waals surface area contributed by atoms with E-state index in [2.05, 4.69) is 32.3 Å². The fourth-order valence-corrected chi connectivity index (χ4v) is 2.12. The quantitative estimate of drug-likeness (QED) is 0.926. The monoisotopic (exact) mass is 309 g/mol. The summed E-state index contributed by atoms with van der Waals surface area (Å²) in [7, 11) is 0. The van der Waals surface area contributed by atoms with Crippen molar-refractivity contribution in [1.29, 1.82) is 5.26 Å². The highest BCUT2D eigenvalue weighted by Gasteiger charge is 2.35. The summed E-state index contributed by atoms with van der Waals surface area (Å²) in [5, 5.41) is 11.9. The van der Waals surface area contributed by atoms with Gasteiger partial charge in [0, 0.05) is 10.7 Å². The van der Waals surface area contributed by atoms with Crippen molar-refractivity contribution < 1.29 is 4.79 Å². The van der Waals surface area contributed by atoms with Crippen LogP contribution in [-0.2, 0) is 4.79 Å². The smallest absolute Gasteiger partial charge is 0.245 e. The molecule has 1 heterocycles. The second-order valence-electron chi connectivity index (χ2n) is 4.17. The number of hydrogen-bond donors (Lipinski definition) is 1. The third-order valence-electron chi connectivity index (χ3n) is 3.13. The normalized spacial score (nSPS) is 10.8. The fourth-order valence-electron chi connectivity index (χ4n) is 1.68. The fraction of sp³-hybridized carbons (Fsp3) is 0.462. The van der Waals surface area contributed by atoms with E-state index in [0.29, 0.717) is 18.7 Å². The molecule has 96 valence electrons. The summed E-state index contributed by atoms with van der Waals surface area (Å²) in [6, 6.07) is 3.99. The molecule has 0 unspecified atom stereocenters. The van der Waals surface area contributed by atoms with Crippen LogP contribution in [0.1, 0.15) is 32.3 Å². The van der Waals surface area contributed by atoms with Gasteiger partial charge in [0.25, 0.3) is 0 Å². The molecule has 0 spiro atoms. The standard InChI is InChI=1S/C13H16BrN3O/c1-4-13(5-2,8-15)12(18)17-11-9(3)6-10(14)7-16-11/h6-7H,4-5H2,1-3H3,(H,16,17,18). The van der Waals surface area contributed by atoms with Crippen molar-refractivity contribution in [2.45, 2.75) is 33.6 Å². The summed E-state index contributed by atoms with van der Waals surface area (Å²) in [5.41, 5.74) is -0.113. The predicted molar refractivity (Wildman–Crippen MR) is 73.9 cm³/mol. The van der Waals surface area contributed by atoms with Crippen molar-refractivity contribution in [2.75, 3.05) is 5.32 Å². The van der Waals surface area contributed by atoms with Gasteiger partial charge in [0.15, 0.2) is 0 Å². The van der Waals surface area contributed by atoms with Gasteiger partial charge in [-0.25, -0.2) is 4.98 Å². The Kier molecular flexibility index (Phi) is 4.85. The lowest BCUT2D eigenvalue weighted by Gasteiger charge is -2.22. The van der Waals surface area contributed by atoms with Gasteiger partial charge in [0.05, 0.1) is 6.07 Å². The van der Waals surface area contributed by atoms with Crippen molar-refractivity contribution >= 4 is 27.7 Å². The number of pyridine rings is 1. The Labute approximate surface area is 116 Å². The molecule has 4 nitrogen and oxygen atoms in total. The summed E-state index contributed by atoms with van der Waals surface area (Å²) in [5.74, 6) is 0.220. The number of halogens is 1. The van der Waals surface area contributed by atoms with E-state index in [1.165, 1.54) is 0 Å². The van der Waals surface area contributed by atoms with Gasteiger partial charge >= 0.3 is 0 Å². The Morgan fingerprint density at radius 2 is 2.17 bits per heavy atom. The second-order valence-corrected chi connectivity index (χ2v) is 5.09. The summed E-state index contributed by atoms with van der Waals surface area (Å²) in [6.07, 6.45) is 2.59. The molecule has 1 N–H and O–H groups in total. The minimum absolute atomic E-state index is 0.284. The lowest BCUT2D eigenvalue weighted by molar-refractivity contribution is -0.123. The maximum absolute atomic E-state index is 12.2. The van der Waals surface area contributed by atoms with Gasteiger partial charge in [0.1, 0.15) is 11.2 Å². The number of rotatable bonds is 4. The molecule has 0 fully saturated rings. The van der Waals surface area contributed by atoms with Crippen molar-refractivity contribution in [3.8, 4) is 6.07 Å². The molecule has 0 atom stereocenters. The zero-order valence-corrected chi connectivity index (χ0v) is 12.3. The van der Waals surface area contributed by atoms with E-state index < -0.39 is 5.41 Å². The first-order valence-corrected chi connectivity index (χ1v) is 6.63. The second kappa shape index (κ2) is 5.96. The Morgan fingerprint density at radius 1 is 1.56 bits per heavy atom. The lowest BCUT2D eigenvalue weighted by Crippen LogP contribution is -2.34. The SMILES string of the molecule is CCC(C#N)(CC)C(=O)Nc1ncc(Br)cc1C. The van der Waals surface area contributed by atoms with Crippen LogP contribution in [0.15, 0.2) is 16.7 Å². The van der Waals surface area contributed by atoms with Gasteiger partial charge in [-0.05, 0) is 47.3 Å². The number of carbonyl (C=O) groups excluding carboxylic acids is 1. The van der Waals surface area contributed by atoms with Gasteiger partial charge in [0.2, 0.25) is 5.91 Å². The third kappa shape index (κ3) is 2.88. The largest absolute Gasteiger partial charge is 0.309 e. The Balaban J connectivity index is 2.97. The van der Waals surface area contributed by atoms with Gasteiger partial charge < -0.3 is 5.32 Å². The van der Waals surface area contributed by atoms with E-state index in [-0.39, 0.29) is 5.91 Å². The molecule has 18 heavy (non-hydrogen) atoms. The summed E-state index contributed by atoms with van der Waals surface area (Å²) >= 11 is 3.32. The molecule has 1 amide bonds. The van der Waals surface area contributed by atoms with Crippen LogP contribution in [0.3, 0.4) is 0 Å². The van der Waals surface area contributed by atoms with E-state index in [0.717, 1.165) is 10.0 Å². The van der Waals surface area contributed by atoms with Crippen molar-refractivity contribution in [3.63, 3.8) is 0 Å². The number of carbonyl (C=O) groups is 1. The molecule has 0 aliphatic carbocycles. The van der Waals surface area contributed by atoms with E-state index in [1.54, 1.807) is 6.20 Å². The van der Waals surface area contributed by atoms with E-state index >= 15 is 0 Å². The van der Waals surface area contributed by atoms with Crippen LogP contribution in [0.4, 0.5) is 5.82 Å². The first-order valence-electron chi connectivity index (χ1n) is 5.84. The molecule has 0 aromatic carbocycles. The van der Waals surface area contributed by atoms with Crippen molar-refractivity contribution in [3.05, 3.63) is 22.3 Å². The average molecular weight is 310 g/mol. The van der Waals surface area contributed by atoms with Gasteiger partial charge in [-0.15, -0.1) is 0 Å². The van der Waals surface area contributed by atoms with Crippen molar-refractivity contribution in [1.82, 2.24) is 4.98 Å². The van der Waals surface area contributed by atoms with Crippen LogP contribution >= 0.6 is 15.9 Å². The molecule has 5 heteroatoms. The number of nitriles is 1. The first kappa shape index (κ1) is 14.7. The number of hydrogen-bond acceptors (Lipinski definition) is 3. The molecule has 0 saturated heterocycles. The molecule has 1 rings (SSSR count). The number of aromatic nitrogens is 1. The van der Waals surface area contributed by atoms with Crippen LogP contribution in [0.2, 0.25) is 0 Å². The Morgan fingerprint density at radius 3 is 2.61 bits per heavy atom. The highest BCUT2D eigenvalue weighted by Crippen LogP contribution is 2.27. The molecular formula is C13H16BrN3O. The topological polar surface area (TPSA) is 65.8 Å². The van der Waals surface area contributed by atoms with Gasteiger partial charge in [-0.2, -0.15) is 5.26 Å². The Bertz CT molecular complexity index is 489. The third-order valence-corrected chi connectivity index (χ3v) is 3.57. The maximum Gasteiger partial charge on any atom is 0.245 e. The Hall–Kier alpha value is -1.41. The van der Waals surface area contributed by atoms with Crippen LogP contribution in [0.5, 0.6) is 0 Å². The summed E-state index contributed by atoms with van der Waals surface area (Å²) < 4.78 is 0.857. The molecular weight excluding hydrogens is 294 g/mol. The van der Waals surface area contributed by atoms with Crippen molar-refractivity contribution in [2.24, 2.45) is 5.41 Å². The molecule has 0 bridgehead atoms. The molecule has 1 aromatic heterocycles. The van der Waals surface area contributed by atoms with E-state index in [9.17, 15) is 10.1 Å². The number of nitrogens with zero attached hydrogens (tertiary/aromatic N) is 2. The molecule has 0 aliphatic rings. The van der Waals surface area contributed by atoms with Crippen LogP contribution in [-0.4, -0.2) is 10.9 Å². The summed E-state index contributed by atoms with van der Waals surface area (Å²) in [4.78, 5) is 16.3. The molecule has 0 aliphatic heterocycles. The minimum Gasteiger partial charge on any atom is -0.309 e. The van der Waals surface area contributed by atoms with E-state index in [4.69, 9.17) is 0 Å². The van der Waals surface area contributed by atoms with E-state index in [1.807, 2.05) is 26.8 Å². The zero-order valence-electron chi connectivity index (χ0n) is 10.7. The first-order chi connectivity index (χ1) is 8.49. The molecule has 0 saturated carbocycles. The number of anilines is 1. The average Bonchev–Trinajstić information content (AvgIpc) is 2.36. The molecule has 0 radical (unpaired) electrons. The van der Waals surface area contributed by atoms with Crippen LogP contribution in [0, 0.1) is 23.7 Å². The highest BCUT2D eigenvalue weighted by molar-refractivity contribution is 9.10. The van der Waals surface area contributed by atoms with Crippen LogP contribution in [0.25, 0.3) is 0 Å². The summed E-state index contributed by atoms with van der Waals surface area (Å²) in [6.45, 7) is 5.54. The maximum atomic E-state index is 12.2. The predicted octanol–water partition coefficient (Wildman–Crippen LogP) is 3.42. The number of aryl methyl sites for hydroxylation is 1. The van der Waals surface area contributed by atoms with Gasteiger partial charge in [-0.3, -0.25) is 4.79 Å². The number of nitrogens with one attached hydrogen (secondary N) is 1.